The molecule has 55 heavy (non-hydrogen) atoms. The molecule has 1 heterocycles. The molecule has 1 aliphatic carbocycles. The van der Waals surface area contributed by atoms with E-state index in [9.17, 15) is 55.4 Å². The zero-order valence-electron chi connectivity index (χ0n) is 30.8. The molecule has 0 spiro atoms. The first-order valence-electron chi connectivity index (χ1n) is 16.5. The maximum atomic E-state index is 14.9. The number of rotatable bonds is 13. The van der Waals surface area contributed by atoms with E-state index in [1.54, 1.807) is 37.3 Å². The number of para-hydroxylation sites is 1. The first-order chi connectivity index (χ1) is 25.4. The predicted octanol–water partition coefficient (Wildman–Crippen LogP) is 3.89. The largest absolute Gasteiger partial charge is 1.00 e. The average molecular weight is 788 g/mol. The normalized spacial score (nSPS) is 16.5. The number of carboxylic acid groups (broad SMARTS) is 1. The molecule has 2 fully saturated rings. The van der Waals surface area contributed by atoms with Crippen LogP contribution in [0, 0.1) is 12.8 Å². The van der Waals surface area contributed by atoms with Crippen LogP contribution >= 0.6 is 0 Å². The number of ether oxygens (including phenoxy) is 1. The Bertz CT molecular complexity index is 1920. The number of carbonyl (C=O) groups excluding carboxylic acids is 4. The Balaban J connectivity index is 0.00000420. The number of benzene rings is 3. The van der Waals surface area contributed by atoms with E-state index >= 15 is 0 Å². The van der Waals surface area contributed by atoms with Crippen LogP contribution in [-0.4, -0.2) is 75.8 Å². The van der Waals surface area contributed by atoms with Crippen LogP contribution in [0.1, 0.15) is 49.8 Å². The van der Waals surface area contributed by atoms with Gasteiger partial charge in [0.15, 0.2) is 0 Å². The van der Waals surface area contributed by atoms with Crippen molar-refractivity contribution in [3.63, 3.8) is 0 Å². The number of nitrogens with one attached hydrogen (secondary N) is 3. The van der Waals surface area contributed by atoms with Gasteiger partial charge in [-0.05, 0) is 54.2 Å². The third-order valence-corrected chi connectivity index (χ3v) is 9.20. The maximum absolute atomic E-state index is 14.9. The van der Waals surface area contributed by atoms with E-state index in [-0.39, 0.29) is 58.4 Å². The van der Waals surface area contributed by atoms with Gasteiger partial charge in [0.2, 0.25) is 5.91 Å². The summed E-state index contributed by atoms with van der Waals surface area (Å²) in [6.45, 7) is 0.301. The number of urea groups is 2. The number of anilines is 2. The second-order valence-electron chi connectivity index (χ2n) is 12.9. The molecule has 12 nitrogen and oxygen atoms in total. The summed E-state index contributed by atoms with van der Waals surface area (Å²) >= 11 is 0. The Morgan fingerprint density at radius 3 is 2.09 bits per heavy atom. The molecule has 2 unspecified atom stereocenters. The van der Waals surface area contributed by atoms with Crippen LogP contribution in [0.2, 0.25) is 0 Å². The van der Waals surface area contributed by atoms with E-state index in [1.165, 1.54) is 24.3 Å². The summed E-state index contributed by atoms with van der Waals surface area (Å²) in [5.74, 6) is -6.04. The van der Waals surface area contributed by atoms with Crippen molar-refractivity contribution in [2.45, 2.75) is 69.1 Å². The number of carboxylic acids is 1. The van der Waals surface area contributed by atoms with E-state index < -0.39 is 90.0 Å². The molecule has 6 amide bonds. The third kappa shape index (κ3) is 9.02. The summed E-state index contributed by atoms with van der Waals surface area (Å²) in [4.78, 5) is 64.9. The number of amides is 6. The van der Waals surface area contributed by atoms with Crippen LogP contribution in [0.25, 0.3) is 0 Å². The first kappa shape index (κ1) is 42.9. The topological polar surface area (TPSA) is 157 Å². The van der Waals surface area contributed by atoms with E-state index in [0.717, 1.165) is 30.9 Å². The minimum Gasteiger partial charge on any atom is -1.00 e. The van der Waals surface area contributed by atoms with E-state index in [0.29, 0.717) is 18.5 Å². The molecule has 0 radical (unpaired) electrons. The molecule has 2 atom stereocenters. The fourth-order valence-corrected chi connectivity index (χ4v) is 6.31. The first-order valence-corrected chi connectivity index (χ1v) is 16.5. The summed E-state index contributed by atoms with van der Waals surface area (Å²) in [5, 5.41) is 16.9. The molecule has 0 bridgehead atoms. The van der Waals surface area contributed by atoms with Crippen molar-refractivity contribution >= 4 is 41.2 Å². The maximum Gasteiger partial charge on any atom is 1.00 e. The number of hydrogen-bond donors (Lipinski definition) is 4. The molecule has 0 aromatic heterocycles. The number of alkyl halides is 6. The van der Waals surface area contributed by atoms with Gasteiger partial charge in [-0.15, -0.1) is 0 Å². The fraction of sp³-hybridized carbons (Fsp3) is 0.361. The van der Waals surface area contributed by atoms with Gasteiger partial charge in [0, 0.05) is 12.2 Å². The minimum absolute atomic E-state index is 0. The quantitative estimate of drug-likeness (QED) is 0.116. The van der Waals surface area contributed by atoms with Crippen molar-refractivity contribution in [1.82, 2.24) is 15.1 Å². The number of aliphatic carboxylic acids is 1. The standard InChI is InChI=1S/C36H35F6N5O7.Na.H/c1-20-8-6-7-11-24(20)44-32(52)45-25-15-14-22(17-28(25)54-2)19-46-33(53)47(31(51)34(46,35(37,38)39)36(40,41)42)27(16-21-12-13-21)30(50)43-26(18-29(48)49)23-9-4-3-5-10-23;;/h3-11,14-15,17,21,26-27H,12-13,16,18-19H2,1-2H3,(H,43,50)(H,48,49)(H2,44,45,52);;/q;+1;-1. The molecule has 290 valence electrons. The molecule has 3 aromatic rings. The van der Waals surface area contributed by atoms with Crippen LogP contribution in [0.3, 0.4) is 0 Å². The van der Waals surface area contributed by atoms with Crippen LogP contribution in [0.5, 0.6) is 5.75 Å². The second kappa shape index (κ2) is 16.9. The van der Waals surface area contributed by atoms with E-state index in [4.69, 9.17) is 4.74 Å². The second-order valence-corrected chi connectivity index (χ2v) is 12.9. The molecule has 19 heteroatoms. The number of imide groups is 1. The minimum atomic E-state index is -6.43. The van der Waals surface area contributed by atoms with Crippen LogP contribution in [0.15, 0.2) is 72.8 Å². The average Bonchev–Trinajstić information content (AvgIpc) is 3.88. The molecular formula is C36H36F6N5NaO7. The van der Waals surface area contributed by atoms with Gasteiger partial charge in [-0.1, -0.05) is 67.4 Å². The van der Waals surface area contributed by atoms with Crippen LogP contribution in [-0.2, 0) is 20.9 Å². The molecular weight excluding hydrogens is 751 g/mol. The van der Waals surface area contributed by atoms with Gasteiger partial charge in [0.1, 0.15) is 11.8 Å². The smallest absolute Gasteiger partial charge is 1.00 e. The molecule has 1 saturated heterocycles. The summed E-state index contributed by atoms with van der Waals surface area (Å²) < 4.78 is 94.8. The number of halogens is 6. The number of carbonyl (C=O) groups is 5. The number of hydrogen-bond acceptors (Lipinski definition) is 6. The van der Waals surface area contributed by atoms with Gasteiger partial charge in [0.05, 0.1) is 25.3 Å². The Morgan fingerprint density at radius 2 is 1.53 bits per heavy atom. The van der Waals surface area contributed by atoms with Gasteiger partial charge in [0.25, 0.3) is 5.91 Å². The third-order valence-electron chi connectivity index (χ3n) is 9.20. The predicted molar refractivity (Wildman–Crippen MR) is 181 cm³/mol. The zero-order chi connectivity index (χ0) is 39.6. The Kier molecular flexibility index (Phi) is 13.2. The Morgan fingerprint density at radius 1 is 0.927 bits per heavy atom. The van der Waals surface area contributed by atoms with Gasteiger partial charge in [-0.25, -0.2) is 14.5 Å². The summed E-state index contributed by atoms with van der Waals surface area (Å²) in [5.41, 5.74) is -4.37. The van der Waals surface area contributed by atoms with Gasteiger partial charge >= 0.3 is 65.5 Å². The van der Waals surface area contributed by atoms with Crippen molar-refractivity contribution in [2.24, 2.45) is 5.92 Å². The summed E-state index contributed by atoms with van der Waals surface area (Å²) in [7, 11) is 1.12. The molecule has 3 aromatic carbocycles. The molecule has 4 N–H and O–H groups in total. The number of aryl methyl sites for hydroxylation is 1. The fourth-order valence-electron chi connectivity index (χ4n) is 6.31. The van der Waals surface area contributed by atoms with Gasteiger partial charge in [-0.3, -0.25) is 19.3 Å². The SMILES string of the molecule is COc1cc(CN2C(=O)N(C(CC3CC3)C(=O)NC(CC(=O)O)c3ccccc3)C(=O)C2(C(F)(F)F)C(F)(F)F)ccc1NC(=O)Nc1ccccc1C.[H-].[Na+]. The van der Waals surface area contributed by atoms with Crippen molar-refractivity contribution in [2.75, 3.05) is 17.7 Å². The molecule has 5 rings (SSSR count). The monoisotopic (exact) mass is 787 g/mol. The number of methoxy groups -OCH3 is 1. The zero-order valence-corrected chi connectivity index (χ0v) is 31.8. The van der Waals surface area contributed by atoms with Crippen LogP contribution in [0.4, 0.5) is 47.3 Å². The van der Waals surface area contributed by atoms with Gasteiger partial charge in [-0.2, -0.15) is 26.3 Å². The number of nitrogens with zero attached hydrogens (tertiary/aromatic N) is 2. The van der Waals surface area contributed by atoms with Crippen molar-refractivity contribution < 1.29 is 91.1 Å². The van der Waals surface area contributed by atoms with Crippen molar-refractivity contribution in [1.29, 1.82) is 0 Å². The van der Waals surface area contributed by atoms with Crippen molar-refractivity contribution in [3.8, 4) is 5.75 Å². The Hall–Kier alpha value is -4.81. The molecule has 2 aliphatic rings. The Labute approximate surface area is 334 Å². The summed E-state index contributed by atoms with van der Waals surface area (Å²) in [6.07, 6.45) is -13.2. The van der Waals surface area contributed by atoms with Gasteiger partial charge < -0.3 is 27.2 Å². The molecule has 1 aliphatic heterocycles. The summed E-state index contributed by atoms with van der Waals surface area (Å²) in [6, 6.07) is 11.2. The van der Waals surface area contributed by atoms with E-state index in [1.807, 2.05) is 0 Å². The van der Waals surface area contributed by atoms with E-state index in [2.05, 4.69) is 16.0 Å². The van der Waals surface area contributed by atoms with Crippen LogP contribution < -0.4 is 50.2 Å². The van der Waals surface area contributed by atoms with Crippen molar-refractivity contribution in [3.05, 3.63) is 89.5 Å². The molecule has 1 saturated carbocycles.